The topological polar surface area (TPSA) is 55.8 Å². The van der Waals surface area contributed by atoms with Gasteiger partial charge in [-0.15, -0.1) is 0 Å². The summed E-state index contributed by atoms with van der Waals surface area (Å²) in [6.07, 6.45) is 0. The highest BCUT2D eigenvalue weighted by atomic mass is 19.2. The monoisotopic (exact) mass is 486 g/mol. The number of ether oxygens (including phenoxy) is 1. The molecule has 2 heterocycles. The van der Waals surface area contributed by atoms with Gasteiger partial charge in [-0.25, -0.2) is 9.98 Å². The normalized spacial score (nSPS) is 11.9. The van der Waals surface area contributed by atoms with Gasteiger partial charge in [0.15, 0.2) is 0 Å². The Morgan fingerprint density at radius 1 is 1.00 bits per heavy atom. The lowest BCUT2D eigenvalue weighted by molar-refractivity contribution is 0.415. The van der Waals surface area contributed by atoms with Crippen molar-refractivity contribution in [2.75, 3.05) is 25.1 Å². The molecule has 5 aromatic rings. The SMILES string of the molecule is CCN(CC)c1ccc2cc(-c3nc4ccccc4n3B(F)F)c(=Nc3ccc(OC)cc3)oc2c1. The van der Waals surface area contributed by atoms with Crippen LogP contribution in [-0.4, -0.2) is 37.1 Å². The summed E-state index contributed by atoms with van der Waals surface area (Å²) < 4.78 is 41.0. The summed E-state index contributed by atoms with van der Waals surface area (Å²) in [5, 5.41) is 0.766. The third-order valence-electron chi connectivity index (χ3n) is 6.20. The van der Waals surface area contributed by atoms with Gasteiger partial charge in [0, 0.05) is 30.2 Å². The molecule has 0 saturated carbocycles. The van der Waals surface area contributed by atoms with Gasteiger partial charge >= 0.3 is 7.40 Å². The maximum Gasteiger partial charge on any atom is 0.679 e. The summed E-state index contributed by atoms with van der Waals surface area (Å²) in [5.74, 6) is 0.782. The van der Waals surface area contributed by atoms with Crippen LogP contribution >= 0.6 is 0 Å². The Bertz CT molecular complexity index is 1590. The van der Waals surface area contributed by atoms with Crippen LogP contribution < -0.4 is 15.2 Å². The van der Waals surface area contributed by atoms with Gasteiger partial charge in [0.1, 0.15) is 17.2 Å². The van der Waals surface area contributed by atoms with Gasteiger partial charge in [-0.05, 0) is 68.4 Å². The smallest absolute Gasteiger partial charge is 0.497 e. The molecule has 6 nitrogen and oxygen atoms in total. The van der Waals surface area contributed by atoms with E-state index in [1.807, 2.05) is 24.3 Å². The van der Waals surface area contributed by atoms with E-state index in [0.29, 0.717) is 33.6 Å². The zero-order valence-corrected chi connectivity index (χ0v) is 20.3. The van der Waals surface area contributed by atoms with E-state index < -0.39 is 7.40 Å². The maximum absolute atomic E-state index is 14.3. The molecule has 0 atom stereocenters. The van der Waals surface area contributed by atoms with Crippen LogP contribution in [0, 0.1) is 0 Å². The van der Waals surface area contributed by atoms with Crippen molar-refractivity contribution in [2.45, 2.75) is 13.8 Å². The van der Waals surface area contributed by atoms with Crippen LogP contribution in [0.4, 0.5) is 20.0 Å². The van der Waals surface area contributed by atoms with Crippen LogP contribution in [0.15, 0.2) is 82.2 Å². The number of para-hydroxylation sites is 2. The van der Waals surface area contributed by atoms with Crippen molar-refractivity contribution in [3.63, 3.8) is 0 Å². The predicted octanol–water partition coefficient (Wildman–Crippen LogP) is 6.31. The molecular weight excluding hydrogens is 461 g/mol. The van der Waals surface area contributed by atoms with Crippen LogP contribution in [0.2, 0.25) is 0 Å². The Hall–Kier alpha value is -4.14. The number of hydrogen-bond acceptors (Lipinski definition) is 5. The van der Waals surface area contributed by atoms with Crippen molar-refractivity contribution in [1.82, 2.24) is 9.46 Å². The molecule has 36 heavy (non-hydrogen) atoms. The van der Waals surface area contributed by atoms with E-state index in [9.17, 15) is 8.63 Å². The average molecular weight is 486 g/mol. The Morgan fingerprint density at radius 3 is 2.44 bits per heavy atom. The highest BCUT2D eigenvalue weighted by Crippen LogP contribution is 2.29. The van der Waals surface area contributed by atoms with Crippen molar-refractivity contribution >= 4 is 40.8 Å². The van der Waals surface area contributed by atoms with Crippen LogP contribution in [-0.2, 0) is 0 Å². The molecule has 0 fully saturated rings. The lowest BCUT2D eigenvalue weighted by Gasteiger charge is -2.21. The quantitative estimate of drug-likeness (QED) is 0.253. The summed E-state index contributed by atoms with van der Waals surface area (Å²) in [5.41, 5.74) is 3.61. The highest BCUT2D eigenvalue weighted by molar-refractivity contribution is 6.43. The van der Waals surface area contributed by atoms with E-state index in [-0.39, 0.29) is 11.4 Å². The fourth-order valence-corrected chi connectivity index (χ4v) is 4.34. The zero-order chi connectivity index (χ0) is 25.2. The standard InChI is InChI=1S/C27H25BF2N4O2/c1-4-33(5-2)20-13-10-18-16-22(26-32-23-8-6-7-9-24(23)34(26)28(29)30)27(36-25(18)17-20)31-19-11-14-21(35-3)15-12-19/h6-17H,4-5H2,1-3H3. The molecule has 3 aromatic carbocycles. The van der Waals surface area contributed by atoms with Crippen molar-refractivity contribution in [2.24, 2.45) is 4.99 Å². The van der Waals surface area contributed by atoms with Gasteiger partial charge in [-0.3, -0.25) is 8.63 Å². The van der Waals surface area contributed by atoms with E-state index in [0.717, 1.165) is 28.6 Å². The van der Waals surface area contributed by atoms with E-state index in [1.54, 1.807) is 55.6 Å². The Balaban J connectivity index is 1.80. The van der Waals surface area contributed by atoms with Gasteiger partial charge in [0.2, 0.25) is 5.55 Å². The summed E-state index contributed by atoms with van der Waals surface area (Å²) in [7, 11) is -1.20. The van der Waals surface area contributed by atoms with Gasteiger partial charge in [0.25, 0.3) is 0 Å². The van der Waals surface area contributed by atoms with E-state index >= 15 is 0 Å². The first-order valence-corrected chi connectivity index (χ1v) is 11.8. The number of nitrogens with zero attached hydrogens (tertiary/aromatic N) is 4. The first-order valence-electron chi connectivity index (χ1n) is 11.8. The fourth-order valence-electron chi connectivity index (χ4n) is 4.34. The number of methoxy groups -OCH3 is 1. The summed E-state index contributed by atoms with van der Waals surface area (Å²) in [6, 6.07) is 21.7. The van der Waals surface area contributed by atoms with Crippen LogP contribution in [0.3, 0.4) is 0 Å². The Labute approximate surface area is 207 Å². The Kier molecular flexibility index (Phi) is 6.46. The zero-order valence-electron chi connectivity index (χ0n) is 20.3. The minimum absolute atomic E-state index is 0.0944. The van der Waals surface area contributed by atoms with Crippen molar-refractivity contribution in [3.8, 4) is 17.1 Å². The molecule has 0 saturated heterocycles. The fraction of sp³-hybridized carbons (Fsp3) is 0.185. The molecule has 0 aliphatic heterocycles. The lowest BCUT2D eigenvalue weighted by Crippen LogP contribution is -2.21. The van der Waals surface area contributed by atoms with Gasteiger partial charge in [-0.1, -0.05) is 12.1 Å². The molecule has 0 amide bonds. The first kappa shape index (κ1) is 23.6. The van der Waals surface area contributed by atoms with Gasteiger partial charge in [-0.2, -0.15) is 0 Å². The molecule has 0 aliphatic rings. The number of imidazole rings is 1. The number of halogens is 2. The minimum atomic E-state index is -2.79. The molecule has 5 rings (SSSR count). The number of rotatable bonds is 7. The second-order valence-corrected chi connectivity index (χ2v) is 8.24. The third kappa shape index (κ3) is 4.32. The molecule has 0 N–H and O–H groups in total. The molecule has 0 spiro atoms. The maximum atomic E-state index is 14.3. The van der Waals surface area contributed by atoms with Gasteiger partial charge < -0.3 is 18.5 Å². The van der Waals surface area contributed by atoms with Crippen molar-refractivity contribution in [1.29, 1.82) is 0 Å². The van der Waals surface area contributed by atoms with E-state index in [4.69, 9.17) is 14.1 Å². The second kappa shape index (κ2) is 9.85. The van der Waals surface area contributed by atoms with E-state index in [1.165, 1.54) is 0 Å². The van der Waals surface area contributed by atoms with Crippen LogP contribution in [0.25, 0.3) is 33.4 Å². The molecule has 0 unspecified atom stereocenters. The summed E-state index contributed by atoms with van der Waals surface area (Å²) >= 11 is 0. The highest BCUT2D eigenvalue weighted by Gasteiger charge is 2.27. The number of hydrogen-bond donors (Lipinski definition) is 0. The van der Waals surface area contributed by atoms with Crippen molar-refractivity contribution < 1.29 is 17.8 Å². The summed E-state index contributed by atoms with van der Waals surface area (Å²) in [4.78, 5) is 11.4. The summed E-state index contributed by atoms with van der Waals surface area (Å²) in [6.45, 7) is 5.88. The first-order chi connectivity index (χ1) is 17.5. The third-order valence-corrected chi connectivity index (χ3v) is 6.20. The molecule has 2 aromatic heterocycles. The number of fused-ring (bicyclic) bond motifs is 2. The molecular formula is C27H25BF2N4O2. The molecule has 0 bridgehead atoms. The minimum Gasteiger partial charge on any atom is -0.497 e. The van der Waals surface area contributed by atoms with Crippen molar-refractivity contribution in [3.05, 3.63) is 78.4 Å². The van der Waals surface area contributed by atoms with Gasteiger partial charge in [0.05, 0.1) is 29.4 Å². The van der Waals surface area contributed by atoms with Crippen LogP contribution in [0.1, 0.15) is 13.8 Å². The molecule has 9 heteroatoms. The lowest BCUT2D eigenvalue weighted by atomic mass is 10.1. The number of anilines is 1. The van der Waals surface area contributed by atoms with Crippen LogP contribution in [0.5, 0.6) is 5.75 Å². The predicted molar refractivity (Wildman–Crippen MR) is 140 cm³/mol. The number of aromatic nitrogens is 2. The molecule has 0 aliphatic carbocycles. The van der Waals surface area contributed by atoms with E-state index in [2.05, 4.69) is 23.7 Å². The largest absolute Gasteiger partial charge is 0.679 e. The number of benzene rings is 3. The average Bonchev–Trinajstić information content (AvgIpc) is 3.29. The second-order valence-electron chi connectivity index (χ2n) is 8.24. The Morgan fingerprint density at radius 2 is 1.75 bits per heavy atom. The molecule has 0 radical (unpaired) electrons. The molecule has 182 valence electrons.